The number of para-hydroxylation sites is 1. The lowest BCUT2D eigenvalue weighted by molar-refractivity contribution is 0.399. The molecule has 3 rings (SSSR count). The van der Waals surface area contributed by atoms with Crippen molar-refractivity contribution in [1.29, 1.82) is 0 Å². The molecule has 34 heavy (non-hydrogen) atoms. The first-order chi connectivity index (χ1) is 15.8. The minimum atomic E-state index is -3.68. The number of nitrogens with one attached hydrogen (secondary N) is 2. The molecule has 11 heteroatoms. The Morgan fingerprint density at radius 2 is 1.88 bits per heavy atom. The summed E-state index contributed by atoms with van der Waals surface area (Å²) in [5.74, 6) is -0.220. The summed E-state index contributed by atoms with van der Waals surface area (Å²) < 4.78 is 44.8. The highest BCUT2D eigenvalue weighted by molar-refractivity contribution is 7.88. The fourth-order valence-corrected chi connectivity index (χ4v) is 3.70. The molecule has 0 saturated heterocycles. The summed E-state index contributed by atoms with van der Waals surface area (Å²) >= 11 is 0. The summed E-state index contributed by atoms with van der Waals surface area (Å²) in [5, 5.41) is 3.57. The van der Waals surface area contributed by atoms with Crippen LogP contribution in [-0.4, -0.2) is 37.5 Å². The van der Waals surface area contributed by atoms with Crippen molar-refractivity contribution in [3.8, 4) is 22.6 Å². The van der Waals surface area contributed by atoms with E-state index in [1.54, 1.807) is 6.07 Å². The van der Waals surface area contributed by atoms with Crippen LogP contribution in [0.4, 0.5) is 4.39 Å². The molecule has 1 heterocycles. The predicted molar refractivity (Wildman–Crippen MR) is 129 cm³/mol. The van der Waals surface area contributed by atoms with Crippen LogP contribution in [0, 0.1) is 5.82 Å². The molecule has 0 aliphatic rings. The van der Waals surface area contributed by atoms with Crippen LogP contribution in [-0.2, 0) is 15.4 Å². The first-order valence-electron chi connectivity index (χ1n) is 10.2. The highest BCUT2D eigenvalue weighted by Crippen LogP contribution is 2.40. The minimum absolute atomic E-state index is 0.0403. The summed E-state index contributed by atoms with van der Waals surface area (Å²) in [6.07, 6.45) is 3.05. The topological polar surface area (TPSA) is 123 Å². The summed E-state index contributed by atoms with van der Waals surface area (Å²) in [4.78, 5) is 28.1. The largest absolute Gasteiger partial charge is 0.496 e. The van der Waals surface area contributed by atoms with Gasteiger partial charge in [0, 0.05) is 23.4 Å². The van der Waals surface area contributed by atoms with Crippen molar-refractivity contribution in [3.05, 3.63) is 80.4 Å². The van der Waals surface area contributed by atoms with Gasteiger partial charge in [0.05, 0.1) is 30.8 Å². The highest BCUT2D eigenvalue weighted by atomic mass is 32.2. The van der Waals surface area contributed by atoms with Crippen molar-refractivity contribution in [2.75, 3.05) is 13.4 Å². The Hall–Kier alpha value is -3.73. The van der Waals surface area contributed by atoms with Gasteiger partial charge in [0.25, 0.3) is 5.56 Å². The molecule has 2 aromatic carbocycles. The number of hydrogen-bond acceptors (Lipinski definition) is 6. The molecule has 0 aliphatic carbocycles. The lowest BCUT2D eigenvalue weighted by atomic mass is 9.84. The van der Waals surface area contributed by atoms with Gasteiger partial charge < -0.3 is 4.74 Å². The van der Waals surface area contributed by atoms with E-state index in [4.69, 9.17) is 4.74 Å². The Kier molecular flexibility index (Phi) is 6.78. The third kappa shape index (κ3) is 5.42. The zero-order valence-corrected chi connectivity index (χ0v) is 20.2. The second-order valence-electron chi connectivity index (χ2n) is 8.63. The number of benzene rings is 2. The van der Waals surface area contributed by atoms with Crippen LogP contribution in [0.25, 0.3) is 16.8 Å². The Balaban J connectivity index is 2.32. The molecule has 0 bridgehead atoms. The van der Waals surface area contributed by atoms with Gasteiger partial charge in [-0.1, -0.05) is 39.0 Å². The highest BCUT2D eigenvalue weighted by Gasteiger charge is 2.23. The van der Waals surface area contributed by atoms with Gasteiger partial charge in [0.1, 0.15) is 11.6 Å². The Morgan fingerprint density at radius 3 is 2.47 bits per heavy atom. The van der Waals surface area contributed by atoms with Crippen LogP contribution >= 0.6 is 0 Å². The smallest absolute Gasteiger partial charge is 0.332 e. The zero-order chi connectivity index (χ0) is 25.3. The zero-order valence-electron chi connectivity index (χ0n) is 19.3. The van der Waals surface area contributed by atoms with Gasteiger partial charge in [-0.2, -0.15) is 5.10 Å². The van der Waals surface area contributed by atoms with Crippen molar-refractivity contribution < 1.29 is 17.5 Å². The van der Waals surface area contributed by atoms with Crippen LogP contribution in [0.3, 0.4) is 0 Å². The van der Waals surface area contributed by atoms with E-state index in [-0.39, 0.29) is 16.7 Å². The van der Waals surface area contributed by atoms with Gasteiger partial charge in [-0.3, -0.25) is 14.3 Å². The first-order valence-corrected chi connectivity index (χ1v) is 12.0. The molecule has 2 N–H and O–H groups in total. The van der Waals surface area contributed by atoms with Gasteiger partial charge in [-0.25, -0.2) is 22.4 Å². The van der Waals surface area contributed by atoms with Crippen molar-refractivity contribution in [1.82, 2.24) is 14.4 Å². The molecule has 0 radical (unpaired) electrons. The second kappa shape index (κ2) is 9.26. The lowest BCUT2D eigenvalue weighted by Gasteiger charge is -2.24. The number of aromatic nitrogens is 2. The van der Waals surface area contributed by atoms with E-state index in [9.17, 15) is 18.0 Å². The lowest BCUT2D eigenvalue weighted by Crippen LogP contribution is -2.28. The molecule has 0 amide bonds. The van der Waals surface area contributed by atoms with E-state index in [1.807, 2.05) is 37.7 Å². The van der Waals surface area contributed by atoms with Crippen LogP contribution in [0.15, 0.2) is 57.3 Å². The van der Waals surface area contributed by atoms with Gasteiger partial charge >= 0.3 is 5.69 Å². The Labute approximate surface area is 196 Å². The normalized spacial score (nSPS) is 12.2. The molecular formula is C23H25FN4O5S. The molecule has 1 aromatic heterocycles. The van der Waals surface area contributed by atoms with Crippen LogP contribution in [0.2, 0.25) is 0 Å². The molecular weight excluding hydrogens is 463 g/mol. The van der Waals surface area contributed by atoms with Crippen molar-refractivity contribution in [3.63, 3.8) is 0 Å². The van der Waals surface area contributed by atoms with Crippen LogP contribution in [0.5, 0.6) is 5.75 Å². The number of sulfonamides is 1. The third-order valence-corrected chi connectivity index (χ3v) is 5.38. The Morgan fingerprint density at radius 1 is 1.18 bits per heavy atom. The summed E-state index contributed by atoms with van der Waals surface area (Å²) in [6.45, 7) is 6.07. The number of aromatic amines is 1. The fraction of sp³-hybridized carbons (Fsp3) is 0.261. The number of rotatable bonds is 6. The molecule has 0 aliphatic heterocycles. The molecule has 0 spiro atoms. The summed E-state index contributed by atoms with van der Waals surface area (Å²) in [7, 11) is -2.16. The third-order valence-electron chi connectivity index (χ3n) is 4.94. The van der Waals surface area contributed by atoms with Crippen molar-refractivity contribution in [2.45, 2.75) is 26.2 Å². The van der Waals surface area contributed by atoms with Crippen LogP contribution < -0.4 is 20.8 Å². The van der Waals surface area contributed by atoms with Gasteiger partial charge in [-0.05, 0) is 23.1 Å². The second-order valence-corrected chi connectivity index (χ2v) is 10.4. The number of H-pyrrole nitrogens is 1. The quantitative estimate of drug-likeness (QED) is 0.408. The predicted octanol–water partition coefficient (Wildman–Crippen LogP) is 2.52. The molecule has 0 unspecified atom stereocenters. The molecule has 3 aromatic rings. The van der Waals surface area contributed by atoms with Gasteiger partial charge in [-0.15, -0.1) is 0 Å². The molecule has 0 saturated carbocycles. The number of nitrogens with zero attached hydrogens (tertiary/aromatic N) is 2. The maximum Gasteiger partial charge on any atom is 0.332 e. The molecule has 0 atom stereocenters. The number of methoxy groups -OCH3 is 1. The Bertz CT molecular complexity index is 1480. The molecule has 180 valence electrons. The van der Waals surface area contributed by atoms with E-state index >= 15 is 4.39 Å². The number of hydrogen-bond donors (Lipinski definition) is 2. The number of ether oxygens (including phenoxy) is 1. The number of hydrazone groups is 1. The maximum absolute atomic E-state index is 15.4. The van der Waals surface area contributed by atoms with E-state index in [1.165, 1.54) is 25.4 Å². The maximum atomic E-state index is 15.4. The van der Waals surface area contributed by atoms with Crippen LogP contribution in [0.1, 0.15) is 31.9 Å². The van der Waals surface area contributed by atoms with E-state index in [2.05, 4.69) is 10.1 Å². The minimum Gasteiger partial charge on any atom is -0.496 e. The average Bonchev–Trinajstić information content (AvgIpc) is 2.72. The standard InChI is InChI=1S/C23H25FN4O5S/c1-23(2,3)17-8-6-7-15(21(17)33-4)14-11-18(24)16(13-25-27-34(5,31)32)19(12-14)28-10-9-20(29)26-22(28)30/h6-13,27H,1-5H3,(H,26,29,30). The molecule has 0 fully saturated rings. The average molecular weight is 489 g/mol. The fourth-order valence-electron chi connectivity index (χ4n) is 3.45. The first kappa shape index (κ1) is 24.9. The van der Waals surface area contributed by atoms with E-state index in [0.29, 0.717) is 16.9 Å². The van der Waals surface area contributed by atoms with Gasteiger partial charge in [0.2, 0.25) is 10.0 Å². The monoisotopic (exact) mass is 488 g/mol. The van der Waals surface area contributed by atoms with Crippen molar-refractivity contribution in [2.24, 2.45) is 5.10 Å². The SMILES string of the molecule is COc1c(-c2cc(F)c(C=NNS(C)(=O)=O)c(-n3ccc(=O)[nH]c3=O)c2)cccc1C(C)(C)C. The molecule has 9 nitrogen and oxygen atoms in total. The summed E-state index contributed by atoms with van der Waals surface area (Å²) in [6, 6.07) is 9.41. The summed E-state index contributed by atoms with van der Waals surface area (Å²) in [5.41, 5.74) is 0.0865. The van der Waals surface area contributed by atoms with Gasteiger partial charge in [0.15, 0.2) is 0 Å². The van der Waals surface area contributed by atoms with E-state index < -0.39 is 27.1 Å². The van der Waals surface area contributed by atoms with Crippen molar-refractivity contribution >= 4 is 16.2 Å². The number of halogens is 1. The van der Waals surface area contributed by atoms with E-state index in [0.717, 1.165) is 28.7 Å².